The molecule has 4 nitrogen and oxygen atoms in total. The molecule has 1 atom stereocenters. The lowest BCUT2D eigenvalue weighted by Crippen LogP contribution is -2.24. The normalized spacial score (nSPS) is 20.6. The Kier molecular flexibility index (Phi) is 5.09. The van der Waals surface area contributed by atoms with E-state index in [4.69, 9.17) is 4.98 Å². The minimum atomic E-state index is 0.154. The van der Waals surface area contributed by atoms with Crippen molar-refractivity contribution >= 4 is 22.6 Å². The van der Waals surface area contributed by atoms with Gasteiger partial charge in [-0.3, -0.25) is 4.79 Å². The Bertz CT molecular complexity index is 988. The molecule has 1 saturated heterocycles. The lowest BCUT2D eigenvalue weighted by atomic mass is 9.87. The predicted octanol–water partition coefficient (Wildman–Crippen LogP) is 5.53. The third-order valence-corrected chi connectivity index (χ3v) is 6.73. The zero-order valence-electron chi connectivity index (χ0n) is 17.0. The number of carbonyl (C=O) groups excluding carboxylic acids is 1. The molecule has 1 aliphatic carbocycles. The number of hydrogen-bond acceptors (Lipinski definition) is 2. The van der Waals surface area contributed by atoms with Crippen LogP contribution in [0.4, 0.5) is 5.69 Å². The summed E-state index contributed by atoms with van der Waals surface area (Å²) in [5.41, 5.74) is 3.26. The van der Waals surface area contributed by atoms with E-state index in [2.05, 4.69) is 28.8 Å². The van der Waals surface area contributed by atoms with Crippen LogP contribution in [0.25, 0.3) is 11.0 Å². The van der Waals surface area contributed by atoms with Crippen LogP contribution in [-0.4, -0.2) is 22.0 Å². The van der Waals surface area contributed by atoms with Gasteiger partial charge in [0, 0.05) is 31.1 Å². The molecule has 150 valence electrons. The molecule has 1 unspecified atom stereocenters. The molecule has 0 spiro atoms. The van der Waals surface area contributed by atoms with Crippen LogP contribution < -0.4 is 4.90 Å². The third kappa shape index (κ3) is 3.68. The van der Waals surface area contributed by atoms with Gasteiger partial charge in [-0.1, -0.05) is 62.4 Å². The maximum absolute atomic E-state index is 12.8. The lowest BCUT2D eigenvalue weighted by Gasteiger charge is -2.23. The van der Waals surface area contributed by atoms with Crippen molar-refractivity contribution in [2.24, 2.45) is 5.92 Å². The van der Waals surface area contributed by atoms with Gasteiger partial charge in [0.2, 0.25) is 5.91 Å². The summed E-state index contributed by atoms with van der Waals surface area (Å²) in [5, 5.41) is 0. The van der Waals surface area contributed by atoms with E-state index < -0.39 is 0 Å². The molecular formula is C25H29N3O. The van der Waals surface area contributed by atoms with Crippen LogP contribution in [0, 0.1) is 5.92 Å². The number of para-hydroxylation sites is 3. The smallest absolute Gasteiger partial charge is 0.227 e. The van der Waals surface area contributed by atoms with Gasteiger partial charge < -0.3 is 9.47 Å². The summed E-state index contributed by atoms with van der Waals surface area (Å²) in [7, 11) is 0. The molecule has 0 radical (unpaired) electrons. The van der Waals surface area contributed by atoms with Crippen molar-refractivity contribution in [2.75, 3.05) is 11.4 Å². The highest BCUT2D eigenvalue weighted by atomic mass is 16.2. The van der Waals surface area contributed by atoms with Crippen molar-refractivity contribution in [3.63, 3.8) is 0 Å². The standard InChI is InChI=1S/C25H29N3O/c29-24-17-20(18-28(24)21-11-5-2-6-12-21)25-26-22-13-7-8-14-23(22)27(25)16-15-19-9-3-1-4-10-19/h2,5-8,11-14,19-20H,1,3-4,9-10,15-18H2. The first kappa shape index (κ1) is 18.4. The summed E-state index contributed by atoms with van der Waals surface area (Å²) in [5.74, 6) is 2.28. The van der Waals surface area contributed by atoms with E-state index >= 15 is 0 Å². The molecule has 0 bridgehead atoms. The Labute approximate surface area is 172 Å². The van der Waals surface area contributed by atoms with Gasteiger partial charge >= 0.3 is 0 Å². The Hall–Kier alpha value is -2.62. The number of aryl methyl sites for hydroxylation is 1. The van der Waals surface area contributed by atoms with Crippen LogP contribution in [0.5, 0.6) is 0 Å². The number of rotatable bonds is 5. The molecule has 2 aromatic carbocycles. The van der Waals surface area contributed by atoms with Crippen LogP contribution in [0.2, 0.25) is 0 Å². The number of carbonyl (C=O) groups is 1. The number of fused-ring (bicyclic) bond motifs is 1. The topological polar surface area (TPSA) is 38.1 Å². The number of benzene rings is 2. The lowest BCUT2D eigenvalue weighted by molar-refractivity contribution is -0.117. The monoisotopic (exact) mass is 387 g/mol. The molecule has 2 fully saturated rings. The quantitative estimate of drug-likeness (QED) is 0.577. The van der Waals surface area contributed by atoms with Gasteiger partial charge in [0.15, 0.2) is 0 Å². The number of anilines is 1. The zero-order valence-corrected chi connectivity index (χ0v) is 17.0. The highest BCUT2D eigenvalue weighted by Crippen LogP contribution is 2.34. The van der Waals surface area contributed by atoms with E-state index in [9.17, 15) is 4.79 Å². The molecule has 1 saturated carbocycles. The summed E-state index contributed by atoms with van der Waals surface area (Å²) in [6.07, 6.45) is 8.65. The molecule has 1 aliphatic heterocycles. The first-order valence-corrected chi connectivity index (χ1v) is 11.1. The molecular weight excluding hydrogens is 358 g/mol. The predicted molar refractivity (Wildman–Crippen MR) is 117 cm³/mol. The molecule has 4 heteroatoms. The van der Waals surface area contributed by atoms with Crippen LogP contribution in [-0.2, 0) is 11.3 Å². The molecule has 0 N–H and O–H groups in total. The molecule has 3 aromatic rings. The summed E-state index contributed by atoms with van der Waals surface area (Å²) in [6.45, 7) is 1.73. The fourth-order valence-corrected chi connectivity index (χ4v) is 5.17. The number of nitrogens with zero attached hydrogens (tertiary/aromatic N) is 3. The average molecular weight is 388 g/mol. The van der Waals surface area contributed by atoms with Crippen LogP contribution in [0.1, 0.15) is 56.7 Å². The van der Waals surface area contributed by atoms with Crippen molar-refractivity contribution in [1.82, 2.24) is 9.55 Å². The molecule has 1 aromatic heterocycles. The van der Waals surface area contributed by atoms with Gasteiger partial charge in [-0.05, 0) is 36.6 Å². The van der Waals surface area contributed by atoms with Crippen LogP contribution >= 0.6 is 0 Å². The van der Waals surface area contributed by atoms with E-state index in [1.54, 1.807) is 0 Å². The van der Waals surface area contributed by atoms with Crippen molar-refractivity contribution in [3.05, 3.63) is 60.4 Å². The largest absolute Gasteiger partial charge is 0.328 e. The van der Waals surface area contributed by atoms with Crippen LogP contribution in [0.3, 0.4) is 0 Å². The van der Waals surface area contributed by atoms with Gasteiger partial charge in [-0.2, -0.15) is 0 Å². The van der Waals surface area contributed by atoms with Gasteiger partial charge in [0.25, 0.3) is 0 Å². The first-order chi connectivity index (χ1) is 14.3. The van der Waals surface area contributed by atoms with Gasteiger partial charge in [0.1, 0.15) is 5.82 Å². The highest BCUT2D eigenvalue weighted by molar-refractivity contribution is 5.96. The third-order valence-electron chi connectivity index (χ3n) is 6.73. The van der Waals surface area contributed by atoms with E-state index in [1.807, 2.05) is 35.2 Å². The average Bonchev–Trinajstić information content (AvgIpc) is 3.34. The first-order valence-electron chi connectivity index (χ1n) is 11.1. The van der Waals surface area contributed by atoms with Crippen molar-refractivity contribution in [1.29, 1.82) is 0 Å². The van der Waals surface area contributed by atoms with Crippen molar-refractivity contribution in [3.8, 4) is 0 Å². The second-order valence-electron chi connectivity index (χ2n) is 8.64. The minimum absolute atomic E-state index is 0.154. The van der Waals surface area contributed by atoms with Crippen molar-refractivity contribution in [2.45, 2.75) is 57.4 Å². The Balaban J connectivity index is 1.42. The fourth-order valence-electron chi connectivity index (χ4n) is 5.17. The number of hydrogen-bond donors (Lipinski definition) is 0. The van der Waals surface area contributed by atoms with E-state index in [0.717, 1.165) is 36.0 Å². The molecule has 29 heavy (non-hydrogen) atoms. The fraction of sp³-hybridized carbons (Fsp3) is 0.440. The SMILES string of the molecule is O=C1CC(c2nc3ccccc3n2CCC2CCCCC2)CN1c1ccccc1. The van der Waals surface area contributed by atoms with Crippen molar-refractivity contribution < 1.29 is 4.79 Å². The van der Waals surface area contributed by atoms with Crippen LogP contribution in [0.15, 0.2) is 54.6 Å². The second-order valence-corrected chi connectivity index (χ2v) is 8.64. The summed E-state index contributed by atoms with van der Waals surface area (Å²) in [6, 6.07) is 18.5. The Morgan fingerprint density at radius 1 is 0.931 bits per heavy atom. The number of amides is 1. The van der Waals surface area contributed by atoms with E-state index in [0.29, 0.717) is 6.42 Å². The minimum Gasteiger partial charge on any atom is -0.328 e. The zero-order chi connectivity index (χ0) is 19.6. The Morgan fingerprint density at radius 2 is 1.69 bits per heavy atom. The number of aromatic nitrogens is 2. The van der Waals surface area contributed by atoms with E-state index in [1.165, 1.54) is 44.0 Å². The maximum Gasteiger partial charge on any atom is 0.227 e. The molecule has 2 heterocycles. The Morgan fingerprint density at radius 3 is 2.52 bits per heavy atom. The summed E-state index contributed by atoms with van der Waals surface area (Å²) < 4.78 is 2.41. The van der Waals surface area contributed by atoms with Gasteiger partial charge in [-0.25, -0.2) is 4.98 Å². The summed E-state index contributed by atoms with van der Waals surface area (Å²) >= 11 is 0. The van der Waals surface area contributed by atoms with E-state index in [-0.39, 0.29) is 11.8 Å². The number of imidazole rings is 1. The van der Waals surface area contributed by atoms with Gasteiger partial charge in [0.05, 0.1) is 11.0 Å². The second kappa shape index (κ2) is 8.02. The highest BCUT2D eigenvalue weighted by Gasteiger charge is 2.34. The van der Waals surface area contributed by atoms with Gasteiger partial charge in [-0.15, -0.1) is 0 Å². The summed E-state index contributed by atoms with van der Waals surface area (Å²) in [4.78, 5) is 19.7. The molecule has 2 aliphatic rings. The molecule has 1 amide bonds. The molecule has 5 rings (SSSR count). The maximum atomic E-state index is 12.8.